The summed E-state index contributed by atoms with van der Waals surface area (Å²) in [6.45, 7) is 5.43. The summed E-state index contributed by atoms with van der Waals surface area (Å²) < 4.78 is 10.4. The van der Waals surface area contributed by atoms with Crippen molar-refractivity contribution in [1.82, 2.24) is 10.1 Å². The van der Waals surface area contributed by atoms with E-state index in [1.165, 1.54) is 6.92 Å². The van der Waals surface area contributed by atoms with Crippen LogP contribution in [0.1, 0.15) is 30.4 Å². The van der Waals surface area contributed by atoms with E-state index in [1.54, 1.807) is 6.07 Å². The second-order valence-electron chi connectivity index (χ2n) is 6.81. The molecule has 0 aliphatic carbocycles. The number of carbonyl (C=O) groups is 2. The molecule has 0 spiro atoms. The van der Waals surface area contributed by atoms with E-state index >= 15 is 0 Å². The lowest BCUT2D eigenvalue weighted by Crippen LogP contribution is -2.30. The summed E-state index contributed by atoms with van der Waals surface area (Å²) in [5.41, 5.74) is 3.60. The van der Waals surface area contributed by atoms with E-state index in [-0.39, 0.29) is 18.7 Å². The number of anilines is 1. The van der Waals surface area contributed by atoms with Gasteiger partial charge < -0.3 is 14.6 Å². The van der Waals surface area contributed by atoms with Crippen molar-refractivity contribution in [2.75, 3.05) is 5.32 Å². The standard InChI is InChI=1S/C22H23N3O4/c1-14-8-10-17(11-9-14)21-24-19(29-25-21)12-13-20(26)28-16(3)22(27)23-18-7-5-4-6-15(18)2/h4-11,16H,12-13H2,1-3H3,(H,23,27). The van der Waals surface area contributed by atoms with Crippen molar-refractivity contribution < 1.29 is 18.8 Å². The van der Waals surface area contributed by atoms with Gasteiger partial charge in [-0.05, 0) is 32.4 Å². The topological polar surface area (TPSA) is 94.3 Å². The quantitative estimate of drug-likeness (QED) is 0.613. The SMILES string of the molecule is Cc1ccc(-c2noc(CCC(=O)OC(C)C(=O)Nc3ccccc3C)n2)cc1. The molecule has 3 rings (SSSR count). The Labute approximate surface area is 169 Å². The van der Waals surface area contributed by atoms with Crippen LogP contribution >= 0.6 is 0 Å². The van der Waals surface area contributed by atoms with Gasteiger partial charge in [-0.1, -0.05) is 53.2 Å². The Balaban J connectivity index is 1.49. The van der Waals surface area contributed by atoms with Gasteiger partial charge in [-0.15, -0.1) is 0 Å². The first-order valence-corrected chi connectivity index (χ1v) is 9.38. The molecule has 0 bridgehead atoms. The van der Waals surface area contributed by atoms with Gasteiger partial charge in [0.2, 0.25) is 11.7 Å². The highest BCUT2D eigenvalue weighted by atomic mass is 16.5. The number of hydrogen-bond donors (Lipinski definition) is 1. The van der Waals surface area contributed by atoms with Gasteiger partial charge in [0, 0.05) is 17.7 Å². The first-order chi connectivity index (χ1) is 13.9. The fourth-order valence-electron chi connectivity index (χ4n) is 2.64. The monoisotopic (exact) mass is 393 g/mol. The van der Waals surface area contributed by atoms with E-state index in [0.29, 0.717) is 17.4 Å². The molecule has 0 radical (unpaired) electrons. The summed E-state index contributed by atoms with van der Waals surface area (Å²) >= 11 is 0. The van der Waals surface area contributed by atoms with E-state index in [4.69, 9.17) is 9.26 Å². The van der Waals surface area contributed by atoms with Crippen LogP contribution in [-0.2, 0) is 20.7 Å². The third kappa shape index (κ3) is 5.51. The summed E-state index contributed by atoms with van der Waals surface area (Å²) in [6, 6.07) is 15.1. The number of amides is 1. The molecule has 1 amide bonds. The highest BCUT2D eigenvalue weighted by Gasteiger charge is 2.19. The molecular formula is C22H23N3O4. The van der Waals surface area contributed by atoms with Crippen LogP contribution in [0.3, 0.4) is 0 Å². The zero-order valence-electron chi connectivity index (χ0n) is 16.6. The number of ether oxygens (including phenoxy) is 1. The number of esters is 1. The van der Waals surface area contributed by atoms with Crippen LogP contribution in [0.15, 0.2) is 53.1 Å². The molecular weight excluding hydrogens is 370 g/mol. The fourth-order valence-corrected chi connectivity index (χ4v) is 2.64. The Morgan fingerprint density at radius 3 is 2.55 bits per heavy atom. The Morgan fingerprint density at radius 2 is 1.83 bits per heavy atom. The summed E-state index contributed by atoms with van der Waals surface area (Å²) in [6.07, 6.45) is -0.630. The number of nitrogens with zero attached hydrogens (tertiary/aromatic N) is 2. The summed E-state index contributed by atoms with van der Waals surface area (Å²) in [4.78, 5) is 28.6. The lowest BCUT2D eigenvalue weighted by atomic mass is 10.1. The Kier molecular flexibility index (Phi) is 6.39. The van der Waals surface area contributed by atoms with Crippen molar-refractivity contribution in [3.05, 3.63) is 65.5 Å². The smallest absolute Gasteiger partial charge is 0.307 e. The van der Waals surface area contributed by atoms with Crippen LogP contribution in [0, 0.1) is 13.8 Å². The highest BCUT2D eigenvalue weighted by Crippen LogP contribution is 2.17. The minimum Gasteiger partial charge on any atom is -0.453 e. The van der Waals surface area contributed by atoms with Gasteiger partial charge in [0.25, 0.3) is 5.91 Å². The van der Waals surface area contributed by atoms with Crippen LogP contribution < -0.4 is 5.32 Å². The average Bonchev–Trinajstić information content (AvgIpc) is 3.17. The number of hydrogen-bond acceptors (Lipinski definition) is 6. The molecule has 1 heterocycles. The zero-order valence-corrected chi connectivity index (χ0v) is 16.6. The molecule has 2 aromatic carbocycles. The fraction of sp³-hybridized carbons (Fsp3) is 0.273. The maximum atomic E-state index is 12.2. The van der Waals surface area contributed by atoms with Gasteiger partial charge in [-0.3, -0.25) is 9.59 Å². The Morgan fingerprint density at radius 1 is 1.10 bits per heavy atom. The molecule has 0 fully saturated rings. The van der Waals surface area contributed by atoms with Crippen LogP contribution in [-0.4, -0.2) is 28.1 Å². The summed E-state index contributed by atoms with van der Waals surface area (Å²) in [5, 5.41) is 6.69. The predicted octanol–water partition coefficient (Wildman–Crippen LogP) is 3.86. The van der Waals surface area contributed by atoms with Crippen molar-refractivity contribution in [2.24, 2.45) is 0 Å². The van der Waals surface area contributed by atoms with Crippen molar-refractivity contribution in [3.8, 4) is 11.4 Å². The number of carbonyl (C=O) groups excluding carboxylic acids is 2. The maximum Gasteiger partial charge on any atom is 0.307 e. The number of para-hydroxylation sites is 1. The third-order valence-electron chi connectivity index (χ3n) is 4.40. The highest BCUT2D eigenvalue weighted by molar-refractivity contribution is 5.95. The second kappa shape index (κ2) is 9.14. The number of rotatable bonds is 7. The Bertz CT molecular complexity index is 995. The lowest BCUT2D eigenvalue weighted by Gasteiger charge is -2.14. The first-order valence-electron chi connectivity index (χ1n) is 9.38. The summed E-state index contributed by atoms with van der Waals surface area (Å²) in [7, 11) is 0. The molecule has 150 valence electrons. The molecule has 1 atom stereocenters. The van der Waals surface area contributed by atoms with Crippen molar-refractivity contribution in [1.29, 1.82) is 0 Å². The molecule has 29 heavy (non-hydrogen) atoms. The molecule has 3 aromatic rings. The van der Waals surface area contributed by atoms with E-state index in [9.17, 15) is 9.59 Å². The minimum absolute atomic E-state index is 0.0392. The number of aryl methyl sites for hydroxylation is 3. The normalized spacial score (nSPS) is 11.7. The molecule has 1 aromatic heterocycles. The van der Waals surface area contributed by atoms with Gasteiger partial charge >= 0.3 is 5.97 Å². The van der Waals surface area contributed by atoms with Crippen molar-refractivity contribution in [2.45, 2.75) is 39.7 Å². The zero-order chi connectivity index (χ0) is 20.8. The molecule has 0 saturated heterocycles. The third-order valence-corrected chi connectivity index (χ3v) is 4.40. The molecule has 0 saturated carbocycles. The van der Waals surface area contributed by atoms with Gasteiger partial charge in [-0.25, -0.2) is 0 Å². The van der Waals surface area contributed by atoms with Crippen LogP contribution in [0.4, 0.5) is 5.69 Å². The predicted molar refractivity (Wildman–Crippen MR) is 108 cm³/mol. The van der Waals surface area contributed by atoms with E-state index < -0.39 is 12.1 Å². The molecule has 1 N–H and O–H groups in total. The number of aromatic nitrogens is 2. The molecule has 7 heteroatoms. The van der Waals surface area contributed by atoms with Gasteiger partial charge in [0.15, 0.2) is 6.10 Å². The van der Waals surface area contributed by atoms with Gasteiger partial charge in [0.05, 0.1) is 6.42 Å². The number of nitrogens with one attached hydrogen (secondary N) is 1. The lowest BCUT2D eigenvalue weighted by molar-refractivity contribution is -0.153. The van der Waals surface area contributed by atoms with Crippen molar-refractivity contribution in [3.63, 3.8) is 0 Å². The second-order valence-corrected chi connectivity index (χ2v) is 6.81. The largest absolute Gasteiger partial charge is 0.453 e. The minimum atomic E-state index is -0.909. The first kappa shape index (κ1) is 20.3. The van der Waals surface area contributed by atoms with E-state index in [1.807, 2.05) is 56.3 Å². The maximum absolute atomic E-state index is 12.2. The molecule has 7 nitrogen and oxygen atoms in total. The molecule has 1 unspecified atom stereocenters. The molecule has 0 aliphatic rings. The van der Waals surface area contributed by atoms with E-state index in [0.717, 1.165) is 16.7 Å². The Hall–Kier alpha value is -3.48. The van der Waals surface area contributed by atoms with E-state index in [2.05, 4.69) is 15.5 Å². The van der Waals surface area contributed by atoms with Gasteiger partial charge in [0.1, 0.15) is 0 Å². The number of benzene rings is 2. The van der Waals surface area contributed by atoms with Crippen LogP contribution in [0.5, 0.6) is 0 Å². The van der Waals surface area contributed by atoms with Crippen LogP contribution in [0.2, 0.25) is 0 Å². The summed E-state index contributed by atoms with van der Waals surface area (Å²) in [5.74, 6) is -0.0755. The molecule has 0 aliphatic heterocycles. The average molecular weight is 393 g/mol. The van der Waals surface area contributed by atoms with Crippen molar-refractivity contribution >= 4 is 17.6 Å². The van der Waals surface area contributed by atoms with Gasteiger partial charge in [-0.2, -0.15) is 4.98 Å². The van der Waals surface area contributed by atoms with Crippen LogP contribution in [0.25, 0.3) is 11.4 Å².